The molecule has 3 aromatic rings. The highest BCUT2D eigenvalue weighted by molar-refractivity contribution is 6.31. The van der Waals surface area contributed by atoms with Gasteiger partial charge in [-0.25, -0.2) is 0 Å². The Morgan fingerprint density at radius 2 is 2.24 bits per heavy atom. The number of pyridine rings is 1. The molecule has 0 aliphatic rings. The number of nitrogens with zero attached hydrogens (tertiary/aromatic N) is 2. The minimum atomic E-state index is 0.747. The molecule has 17 heavy (non-hydrogen) atoms. The summed E-state index contributed by atoms with van der Waals surface area (Å²) in [6.45, 7) is 0.786. The first kappa shape index (κ1) is 10.4. The van der Waals surface area contributed by atoms with Crippen LogP contribution < -0.4 is 0 Å². The lowest BCUT2D eigenvalue weighted by atomic mass is 10.2. The van der Waals surface area contributed by atoms with Crippen LogP contribution in [0, 0.1) is 6.07 Å². The molecule has 0 saturated carbocycles. The molecule has 83 valence electrons. The van der Waals surface area contributed by atoms with E-state index in [0.29, 0.717) is 0 Å². The molecule has 0 aliphatic heterocycles. The molecule has 0 bridgehead atoms. The third-order valence-corrected chi connectivity index (χ3v) is 2.96. The summed E-state index contributed by atoms with van der Waals surface area (Å²) < 4.78 is 2.12. The predicted molar refractivity (Wildman–Crippen MR) is 69.1 cm³/mol. The van der Waals surface area contributed by atoms with Gasteiger partial charge in [-0.05, 0) is 23.8 Å². The quantitative estimate of drug-likeness (QED) is 0.671. The fourth-order valence-electron chi connectivity index (χ4n) is 1.90. The number of hydrogen-bond acceptors (Lipinski definition) is 1. The van der Waals surface area contributed by atoms with Crippen molar-refractivity contribution in [3.05, 3.63) is 65.6 Å². The van der Waals surface area contributed by atoms with Gasteiger partial charge in [0.25, 0.3) is 0 Å². The normalized spacial score (nSPS) is 10.9. The topological polar surface area (TPSA) is 17.8 Å². The van der Waals surface area contributed by atoms with Crippen LogP contribution in [-0.4, -0.2) is 9.55 Å². The molecule has 0 N–H and O–H groups in total. The van der Waals surface area contributed by atoms with Crippen molar-refractivity contribution in [1.82, 2.24) is 9.55 Å². The Kier molecular flexibility index (Phi) is 2.57. The molecule has 0 amide bonds. The molecule has 1 radical (unpaired) electrons. The molecule has 1 aromatic carbocycles. The summed E-state index contributed by atoms with van der Waals surface area (Å²) in [6.07, 6.45) is 5.60. The molecule has 0 aliphatic carbocycles. The summed E-state index contributed by atoms with van der Waals surface area (Å²) in [4.78, 5) is 4.11. The van der Waals surface area contributed by atoms with E-state index in [0.717, 1.165) is 22.5 Å². The van der Waals surface area contributed by atoms with Gasteiger partial charge in [-0.1, -0.05) is 23.7 Å². The standard InChI is InChI=1S/C14H10ClN2/c15-13-4-3-12-5-7-17(14(12)8-13)10-11-2-1-6-16-9-11/h1-4,6-9H,10H2. The minimum absolute atomic E-state index is 0.747. The van der Waals surface area contributed by atoms with E-state index in [2.05, 4.69) is 21.7 Å². The van der Waals surface area contributed by atoms with Gasteiger partial charge in [0.15, 0.2) is 0 Å². The molecule has 3 heteroatoms. The Hall–Kier alpha value is -1.80. The second-order valence-corrected chi connectivity index (χ2v) is 4.36. The highest BCUT2D eigenvalue weighted by Crippen LogP contribution is 2.20. The number of rotatable bonds is 2. The molecule has 3 rings (SSSR count). The van der Waals surface area contributed by atoms with Crippen LogP contribution in [0.1, 0.15) is 5.56 Å². The maximum atomic E-state index is 6.01. The number of halogens is 1. The maximum Gasteiger partial charge on any atom is 0.0504 e. The molecule has 0 atom stereocenters. The zero-order chi connectivity index (χ0) is 11.7. The molecule has 2 heterocycles. The maximum absolute atomic E-state index is 6.01. The number of hydrogen-bond donors (Lipinski definition) is 0. The molecule has 0 fully saturated rings. The van der Waals surface area contributed by atoms with E-state index in [-0.39, 0.29) is 0 Å². The highest BCUT2D eigenvalue weighted by Gasteiger charge is 2.02. The summed E-state index contributed by atoms with van der Waals surface area (Å²) >= 11 is 6.01. The van der Waals surface area contributed by atoms with Crippen molar-refractivity contribution < 1.29 is 0 Å². The van der Waals surface area contributed by atoms with Gasteiger partial charge in [0.05, 0.1) is 5.52 Å². The van der Waals surface area contributed by atoms with Crippen molar-refractivity contribution in [2.24, 2.45) is 0 Å². The van der Waals surface area contributed by atoms with Gasteiger partial charge >= 0.3 is 0 Å². The van der Waals surface area contributed by atoms with Gasteiger partial charge in [0.2, 0.25) is 0 Å². The van der Waals surface area contributed by atoms with E-state index in [1.807, 2.05) is 36.7 Å². The number of fused-ring (bicyclic) bond motifs is 1. The zero-order valence-electron chi connectivity index (χ0n) is 9.10. The third kappa shape index (κ3) is 2.04. The van der Waals surface area contributed by atoms with Gasteiger partial charge in [0.1, 0.15) is 0 Å². The summed E-state index contributed by atoms with van der Waals surface area (Å²) in [5.74, 6) is 0. The smallest absolute Gasteiger partial charge is 0.0504 e. The molecule has 2 aromatic heterocycles. The van der Waals surface area contributed by atoms with Crippen molar-refractivity contribution in [3.63, 3.8) is 0 Å². The Labute approximate surface area is 104 Å². The third-order valence-electron chi connectivity index (χ3n) is 2.72. The molecular formula is C14H10ClN2. The van der Waals surface area contributed by atoms with Crippen molar-refractivity contribution in [2.75, 3.05) is 0 Å². The lowest BCUT2D eigenvalue weighted by molar-refractivity contribution is 0.831. The Morgan fingerprint density at radius 3 is 3.06 bits per heavy atom. The van der Waals surface area contributed by atoms with E-state index in [4.69, 9.17) is 11.6 Å². The fourth-order valence-corrected chi connectivity index (χ4v) is 2.07. The van der Waals surface area contributed by atoms with Crippen LogP contribution in [0.15, 0.2) is 48.9 Å². The number of benzene rings is 1. The first-order valence-corrected chi connectivity index (χ1v) is 5.76. The Bertz CT molecular complexity index is 644. The summed E-state index contributed by atoms with van der Waals surface area (Å²) in [5.41, 5.74) is 2.26. The van der Waals surface area contributed by atoms with Crippen LogP contribution >= 0.6 is 11.6 Å². The highest BCUT2D eigenvalue weighted by atomic mass is 35.5. The lowest BCUT2D eigenvalue weighted by Crippen LogP contribution is -1.97. The molecule has 2 nitrogen and oxygen atoms in total. The van der Waals surface area contributed by atoms with Crippen molar-refractivity contribution >= 4 is 22.5 Å². The van der Waals surface area contributed by atoms with Crippen molar-refractivity contribution in [3.8, 4) is 0 Å². The SMILES string of the molecule is Clc1ccc2[c]cn(Cc3cccnc3)c2c1. The van der Waals surface area contributed by atoms with Crippen molar-refractivity contribution in [2.45, 2.75) is 6.54 Å². The van der Waals surface area contributed by atoms with E-state index in [9.17, 15) is 0 Å². The van der Waals surface area contributed by atoms with Crippen molar-refractivity contribution in [1.29, 1.82) is 0 Å². The second-order valence-electron chi connectivity index (χ2n) is 3.92. The first-order valence-electron chi connectivity index (χ1n) is 5.38. The van der Waals surface area contributed by atoms with Gasteiger partial charge in [-0.2, -0.15) is 0 Å². The van der Waals surface area contributed by atoms with Crippen LogP contribution in [0.2, 0.25) is 5.02 Å². The first-order chi connectivity index (χ1) is 8.33. The second kappa shape index (κ2) is 4.22. The monoisotopic (exact) mass is 241 g/mol. The summed E-state index contributed by atoms with van der Waals surface area (Å²) in [5, 5.41) is 1.83. The van der Waals surface area contributed by atoms with Gasteiger partial charge in [0, 0.05) is 41.6 Å². The predicted octanol–water partition coefficient (Wildman–Crippen LogP) is 3.54. The Morgan fingerprint density at radius 1 is 1.29 bits per heavy atom. The lowest BCUT2D eigenvalue weighted by Gasteiger charge is -2.05. The summed E-state index contributed by atoms with van der Waals surface area (Å²) in [6, 6.07) is 13.0. The van der Waals surface area contributed by atoms with Crippen LogP contribution in [-0.2, 0) is 6.54 Å². The van der Waals surface area contributed by atoms with Crippen LogP contribution in [0.4, 0.5) is 0 Å². The molecule has 0 spiro atoms. The van der Waals surface area contributed by atoms with Gasteiger partial charge in [-0.3, -0.25) is 4.98 Å². The minimum Gasteiger partial charge on any atom is -0.342 e. The number of aromatic nitrogens is 2. The van der Waals surface area contributed by atoms with Crippen LogP contribution in [0.3, 0.4) is 0 Å². The largest absolute Gasteiger partial charge is 0.342 e. The molecule has 0 unspecified atom stereocenters. The van der Waals surface area contributed by atoms with Crippen LogP contribution in [0.25, 0.3) is 10.9 Å². The average Bonchev–Trinajstić information content (AvgIpc) is 2.73. The zero-order valence-corrected chi connectivity index (χ0v) is 9.85. The molecule has 0 saturated heterocycles. The average molecular weight is 242 g/mol. The summed E-state index contributed by atoms with van der Waals surface area (Å²) in [7, 11) is 0. The van der Waals surface area contributed by atoms with E-state index in [1.165, 1.54) is 5.56 Å². The van der Waals surface area contributed by atoms with E-state index >= 15 is 0 Å². The molecular weight excluding hydrogens is 232 g/mol. The van der Waals surface area contributed by atoms with Gasteiger partial charge in [-0.15, -0.1) is 0 Å². The van der Waals surface area contributed by atoms with Crippen LogP contribution in [0.5, 0.6) is 0 Å². The van der Waals surface area contributed by atoms with Gasteiger partial charge < -0.3 is 4.57 Å². The van der Waals surface area contributed by atoms with E-state index < -0.39 is 0 Å². The van der Waals surface area contributed by atoms with E-state index in [1.54, 1.807) is 6.20 Å². The fraction of sp³-hybridized carbons (Fsp3) is 0.0714. The Balaban J connectivity index is 2.03.